The van der Waals surface area contributed by atoms with Gasteiger partial charge in [-0.1, -0.05) is 60.2 Å². The van der Waals surface area contributed by atoms with Crippen molar-refractivity contribution in [1.82, 2.24) is 15.6 Å². The van der Waals surface area contributed by atoms with Crippen molar-refractivity contribution in [3.63, 3.8) is 0 Å². The molecule has 0 saturated heterocycles. The molecule has 1 heterocycles. The largest absolute Gasteiger partial charge is 0.443 e. The SMILES string of the molecule is CNC(=O)NC(=O)[C@H](OC(=O)c1csc(-c2ccc(C)cc2)n1)c1ccccc1. The summed E-state index contributed by atoms with van der Waals surface area (Å²) in [7, 11) is 1.38. The normalized spacial score (nSPS) is 11.4. The number of urea groups is 1. The molecule has 3 aromatic rings. The lowest BCUT2D eigenvalue weighted by molar-refractivity contribution is -0.129. The molecule has 0 aliphatic carbocycles. The zero-order chi connectivity index (χ0) is 20.8. The molecule has 0 aliphatic heterocycles. The maximum atomic E-state index is 12.6. The Balaban J connectivity index is 1.80. The van der Waals surface area contributed by atoms with Crippen molar-refractivity contribution < 1.29 is 19.1 Å². The Bertz CT molecular complexity index is 1020. The summed E-state index contributed by atoms with van der Waals surface area (Å²) < 4.78 is 5.41. The number of amides is 3. The van der Waals surface area contributed by atoms with Crippen LogP contribution in [0, 0.1) is 6.92 Å². The first-order valence-corrected chi connectivity index (χ1v) is 9.67. The monoisotopic (exact) mass is 409 g/mol. The Labute approximate surface area is 171 Å². The number of esters is 1. The number of nitrogens with one attached hydrogen (secondary N) is 2. The minimum atomic E-state index is -1.29. The van der Waals surface area contributed by atoms with Crippen molar-refractivity contribution in [3.05, 3.63) is 76.8 Å². The third-order valence-electron chi connectivity index (χ3n) is 4.04. The number of thiazole rings is 1. The van der Waals surface area contributed by atoms with Crippen LogP contribution in [0.3, 0.4) is 0 Å². The van der Waals surface area contributed by atoms with Gasteiger partial charge < -0.3 is 10.1 Å². The molecule has 29 heavy (non-hydrogen) atoms. The van der Waals surface area contributed by atoms with Crippen LogP contribution in [0.25, 0.3) is 10.6 Å². The van der Waals surface area contributed by atoms with Gasteiger partial charge in [0.2, 0.25) is 6.10 Å². The van der Waals surface area contributed by atoms with E-state index in [4.69, 9.17) is 4.74 Å². The second-order valence-corrected chi connectivity index (χ2v) is 7.03. The van der Waals surface area contributed by atoms with E-state index >= 15 is 0 Å². The second-order valence-electron chi connectivity index (χ2n) is 6.17. The summed E-state index contributed by atoms with van der Waals surface area (Å²) in [6.45, 7) is 1.99. The van der Waals surface area contributed by atoms with Crippen LogP contribution < -0.4 is 10.6 Å². The second kappa shape index (κ2) is 9.11. The minimum absolute atomic E-state index is 0.0965. The van der Waals surface area contributed by atoms with Gasteiger partial charge in [-0.05, 0) is 6.92 Å². The van der Waals surface area contributed by atoms with Crippen molar-refractivity contribution in [2.45, 2.75) is 13.0 Å². The molecule has 0 aliphatic rings. The van der Waals surface area contributed by atoms with Crippen LogP contribution in [-0.4, -0.2) is 29.9 Å². The van der Waals surface area contributed by atoms with Gasteiger partial charge in [-0.25, -0.2) is 14.6 Å². The molecule has 0 spiro atoms. The fraction of sp³-hybridized carbons (Fsp3) is 0.143. The van der Waals surface area contributed by atoms with Gasteiger partial charge in [0.1, 0.15) is 5.01 Å². The molecule has 2 aromatic carbocycles. The van der Waals surface area contributed by atoms with Crippen molar-refractivity contribution in [1.29, 1.82) is 0 Å². The Morgan fingerprint density at radius 1 is 1.03 bits per heavy atom. The van der Waals surface area contributed by atoms with E-state index in [1.54, 1.807) is 35.7 Å². The number of aryl methyl sites for hydroxylation is 1. The summed E-state index contributed by atoms with van der Waals surface area (Å²) in [5.41, 5.74) is 2.55. The predicted octanol–water partition coefficient (Wildman–Crippen LogP) is 3.47. The number of imide groups is 1. The average Bonchev–Trinajstić information content (AvgIpc) is 3.23. The number of ether oxygens (including phenoxy) is 1. The molecule has 0 saturated carbocycles. The third-order valence-corrected chi connectivity index (χ3v) is 4.93. The van der Waals surface area contributed by atoms with E-state index in [-0.39, 0.29) is 5.69 Å². The van der Waals surface area contributed by atoms with Gasteiger partial charge in [-0.2, -0.15) is 0 Å². The number of benzene rings is 2. The van der Waals surface area contributed by atoms with Crippen molar-refractivity contribution in [2.24, 2.45) is 0 Å². The van der Waals surface area contributed by atoms with Crippen LogP contribution in [-0.2, 0) is 9.53 Å². The molecule has 0 radical (unpaired) electrons. The predicted molar refractivity (Wildman–Crippen MR) is 109 cm³/mol. The fourth-order valence-electron chi connectivity index (χ4n) is 2.50. The molecule has 2 N–H and O–H groups in total. The molecule has 148 valence electrons. The van der Waals surface area contributed by atoms with E-state index in [1.165, 1.54) is 18.4 Å². The lowest BCUT2D eigenvalue weighted by atomic mass is 10.1. The van der Waals surface area contributed by atoms with Gasteiger partial charge in [0, 0.05) is 23.6 Å². The van der Waals surface area contributed by atoms with E-state index in [0.29, 0.717) is 10.6 Å². The maximum Gasteiger partial charge on any atom is 0.358 e. The molecule has 0 bridgehead atoms. The standard InChI is InChI=1S/C21H19N3O4S/c1-13-8-10-15(11-9-13)19-23-16(12-29-19)20(26)28-17(14-6-4-3-5-7-14)18(25)24-21(27)22-2/h3-12,17H,1-2H3,(H2,22,24,25,27)/t17-/m1/s1. The molecule has 0 fully saturated rings. The quantitative estimate of drug-likeness (QED) is 0.629. The number of carbonyl (C=O) groups is 3. The van der Waals surface area contributed by atoms with E-state index in [1.807, 2.05) is 31.2 Å². The molecular formula is C21H19N3O4S. The molecule has 1 aromatic heterocycles. The van der Waals surface area contributed by atoms with E-state index in [9.17, 15) is 14.4 Å². The van der Waals surface area contributed by atoms with Crippen LogP contribution in [0.2, 0.25) is 0 Å². The molecule has 7 nitrogen and oxygen atoms in total. The molecule has 3 rings (SSSR count). The maximum absolute atomic E-state index is 12.6. The number of carbonyl (C=O) groups excluding carboxylic acids is 3. The third kappa shape index (κ3) is 5.05. The summed E-state index contributed by atoms with van der Waals surface area (Å²) in [5, 5.41) is 6.68. The highest BCUT2D eigenvalue weighted by atomic mass is 32.1. The summed E-state index contributed by atoms with van der Waals surface area (Å²) in [6, 6.07) is 15.5. The van der Waals surface area contributed by atoms with Crippen molar-refractivity contribution >= 4 is 29.2 Å². The first-order chi connectivity index (χ1) is 14.0. The van der Waals surface area contributed by atoms with Crippen molar-refractivity contribution in [3.8, 4) is 10.6 Å². The topological polar surface area (TPSA) is 97.4 Å². The number of aromatic nitrogens is 1. The summed E-state index contributed by atoms with van der Waals surface area (Å²) in [4.78, 5) is 40.9. The molecule has 3 amide bonds. The molecule has 8 heteroatoms. The highest BCUT2D eigenvalue weighted by Crippen LogP contribution is 2.26. The molecular weight excluding hydrogens is 390 g/mol. The van der Waals surface area contributed by atoms with Crippen LogP contribution in [0.4, 0.5) is 4.79 Å². The fourth-order valence-corrected chi connectivity index (χ4v) is 3.30. The smallest absolute Gasteiger partial charge is 0.358 e. The zero-order valence-corrected chi connectivity index (χ0v) is 16.7. The highest BCUT2D eigenvalue weighted by Gasteiger charge is 2.28. The average molecular weight is 409 g/mol. The summed E-state index contributed by atoms with van der Waals surface area (Å²) in [5.74, 6) is -1.50. The van der Waals surface area contributed by atoms with Gasteiger partial charge in [0.15, 0.2) is 5.69 Å². The van der Waals surface area contributed by atoms with Gasteiger partial charge in [-0.3, -0.25) is 10.1 Å². The number of rotatable bonds is 5. The van der Waals surface area contributed by atoms with Gasteiger partial charge in [-0.15, -0.1) is 11.3 Å². The zero-order valence-electron chi connectivity index (χ0n) is 15.8. The summed E-state index contributed by atoms with van der Waals surface area (Å²) in [6.07, 6.45) is -1.29. The molecule has 1 atom stereocenters. The van der Waals surface area contributed by atoms with Crippen LogP contribution in [0.15, 0.2) is 60.0 Å². The van der Waals surface area contributed by atoms with Gasteiger partial charge in [0.05, 0.1) is 0 Å². The van der Waals surface area contributed by atoms with Crippen LogP contribution in [0.5, 0.6) is 0 Å². The number of hydrogen-bond donors (Lipinski definition) is 2. The number of hydrogen-bond acceptors (Lipinski definition) is 6. The first kappa shape index (κ1) is 20.2. The lowest BCUT2D eigenvalue weighted by Crippen LogP contribution is -2.41. The summed E-state index contributed by atoms with van der Waals surface area (Å²) >= 11 is 1.31. The number of nitrogens with zero attached hydrogens (tertiary/aromatic N) is 1. The highest BCUT2D eigenvalue weighted by molar-refractivity contribution is 7.13. The first-order valence-electron chi connectivity index (χ1n) is 8.79. The van der Waals surface area contributed by atoms with Crippen LogP contribution in [0.1, 0.15) is 27.7 Å². The van der Waals surface area contributed by atoms with E-state index in [2.05, 4.69) is 15.6 Å². The lowest BCUT2D eigenvalue weighted by Gasteiger charge is -2.16. The van der Waals surface area contributed by atoms with Gasteiger partial charge in [0.25, 0.3) is 5.91 Å². The van der Waals surface area contributed by atoms with Gasteiger partial charge >= 0.3 is 12.0 Å². The van der Waals surface area contributed by atoms with Crippen LogP contribution >= 0.6 is 11.3 Å². The van der Waals surface area contributed by atoms with Crippen molar-refractivity contribution in [2.75, 3.05) is 7.05 Å². The minimum Gasteiger partial charge on any atom is -0.443 e. The molecule has 0 unspecified atom stereocenters. The Hall–Kier alpha value is -3.52. The van der Waals surface area contributed by atoms with E-state index < -0.39 is 24.0 Å². The Morgan fingerprint density at radius 2 is 1.72 bits per heavy atom. The Kier molecular flexibility index (Phi) is 6.36. The Morgan fingerprint density at radius 3 is 2.38 bits per heavy atom. The van der Waals surface area contributed by atoms with E-state index in [0.717, 1.165) is 11.1 Å².